The van der Waals surface area contributed by atoms with Gasteiger partial charge in [0.05, 0.1) is 6.04 Å². The van der Waals surface area contributed by atoms with E-state index in [0.29, 0.717) is 28.9 Å². The van der Waals surface area contributed by atoms with Crippen molar-refractivity contribution >= 4 is 11.6 Å². The molecule has 0 spiro atoms. The predicted molar refractivity (Wildman–Crippen MR) is 95.8 cm³/mol. The Bertz CT molecular complexity index is 843. The van der Waals surface area contributed by atoms with Gasteiger partial charge in [-0.25, -0.2) is 4.39 Å². The average Bonchev–Trinajstić information content (AvgIpc) is 3.08. The molecule has 4 nitrogen and oxygen atoms in total. The lowest BCUT2D eigenvalue weighted by Crippen LogP contribution is -2.23. The average molecular weight is 360 g/mol. The number of aryl methyl sites for hydroxylation is 1. The fourth-order valence-corrected chi connectivity index (χ4v) is 2.70. The number of nitrogens with zero attached hydrogens (tertiary/aromatic N) is 3. The summed E-state index contributed by atoms with van der Waals surface area (Å²) in [5.74, 6) is 0.627. The van der Waals surface area contributed by atoms with Crippen molar-refractivity contribution in [3.05, 3.63) is 70.3 Å². The maximum Gasteiger partial charge on any atom is 0.247 e. The monoisotopic (exact) mass is 359 g/mol. The van der Waals surface area contributed by atoms with E-state index in [1.165, 1.54) is 11.6 Å². The largest absolute Gasteiger partial charge is 0.419 e. The van der Waals surface area contributed by atoms with E-state index < -0.39 is 0 Å². The van der Waals surface area contributed by atoms with Crippen LogP contribution >= 0.6 is 11.6 Å². The normalized spacial score (nSPS) is 12.6. The molecule has 0 aliphatic rings. The zero-order valence-corrected chi connectivity index (χ0v) is 15.1. The minimum atomic E-state index is -0.322. The molecule has 0 aliphatic heterocycles. The van der Waals surface area contributed by atoms with E-state index in [1.54, 1.807) is 12.1 Å². The molecule has 2 aromatic carbocycles. The Morgan fingerprint density at radius 2 is 1.88 bits per heavy atom. The highest BCUT2D eigenvalue weighted by Gasteiger charge is 2.21. The highest BCUT2D eigenvalue weighted by atomic mass is 35.5. The lowest BCUT2D eigenvalue weighted by Gasteiger charge is -2.22. The molecule has 130 valence electrons. The molecule has 0 aliphatic carbocycles. The van der Waals surface area contributed by atoms with Crippen LogP contribution in [0.1, 0.15) is 30.0 Å². The van der Waals surface area contributed by atoms with E-state index in [2.05, 4.69) is 10.2 Å². The minimum absolute atomic E-state index is 0.178. The van der Waals surface area contributed by atoms with E-state index >= 15 is 0 Å². The summed E-state index contributed by atoms with van der Waals surface area (Å²) in [6.07, 6.45) is 0. The molecule has 0 amide bonds. The minimum Gasteiger partial charge on any atom is -0.419 e. The molecule has 0 radical (unpaired) electrons. The molecule has 3 aromatic rings. The van der Waals surface area contributed by atoms with Crippen molar-refractivity contribution in [3.63, 3.8) is 0 Å². The predicted octanol–water partition coefficient (Wildman–Crippen LogP) is 5.03. The highest BCUT2D eigenvalue weighted by molar-refractivity contribution is 6.31. The SMILES string of the molecule is Cc1ccc(-c2nnc(C(C)N(C)Cc3c(F)cccc3Cl)o2)cc1. The first kappa shape index (κ1) is 17.6. The molecule has 0 bridgehead atoms. The summed E-state index contributed by atoms with van der Waals surface area (Å²) in [5.41, 5.74) is 2.49. The van der Waals surface area contributed by atoms with Crippen molar-refractivity contribution in [2.24, 2.45) is 0 Å². The lowest BCUT2D eigenvalue weighted by atomic mass is 10.1. The fourth-order valence-electron chi connectivity index (χ4n) is 2.47. The van der Waals surface area contributed by atoms with Crippen molar-refractivity contribution in [1.82, 2.24) is 15.1 Å². The van der Waals surface area contributed by atoms with Crippen LogP contribution in [0.25, 0.3) is 11.5 Å². The molecule has 0 saturated heterocycles. The Balaban J connectivity index is 1.76. The van der Waals surface area contributed by atoms with Crippen LogP contribution in [0.15, 0.2) is 46.9 Å². The van der Waals surface area contributed by atoms with Crippen LogP contribution in [-0.2, 0) is 6.54 Å². The van der Waals surface area contributed by atoms with Gasteiger partial charge in [-0.3, -0.25) is 4.90 Å². The van der Waals surface area contributed by atoms with Gasteiger partial charge in [0.2, 0.25) is 11.8 Å². The van der Waals surface area contributed by atoms with Crippen LogP contribution in [0, 0.1) is 12.7 Å². The van der Waals surface area contributed by atoms with Crippen LogP contribution < -0.4 is 0 Å². The summed E-state index contributed by atoms with van der Waals surface area (Å²) < 4.78 is 19.8. The number of rotatable bonds is 5. The third kappa shape index (κ3) is 3.89. The third-order valence-electron chi connectivity index (χ3n) is 4.23. The van der Waals surface area contributed by atoms with Gasteiger partial charge in [-0.2, -0.15) is 0 Å². The van der Waals surface area contributed by atoms with E-state index in [-0.39, 0.29) is 11.9 Å². The second-order valence-electron chi connectivity index (χ2n) is 6.10. The van der Waals surface area contributed by atoms with Gasteiger partial charge >= 0.3 is 0 Å². The second kappa shape index (κ2) is 7.33. The van der Waals surface area contributed by atoms with Gasteiger partial charge in [-0.1, -0.05) is 35.4 Å². The van der Waals surface area contributed by atoms with Crippen molar-refractivity contribution in [2.75, 3.05) is 7.05 Å². The Morgan fingerprint density at radius 1 is 1.16 bits per heavy atom. The Hall–Kier alpha value is -2.24. The zero-order chi connectivity index (χ0) is 18.0. The lowest BCUT2D eigenvalue weighted by molar-refractivity contribution is 0.215. The number of benzene rings is 2. The van der Waals surface area contributed by atoms with E-state index in [0.717, 1.165) is 5.56 Å². The summed E-state index contributed by atoms with van der Waals surface area (Å²) >= 11 is 6.10. The Kier molecular flexibility index (Phi) is 5.16. The smallest absolute Gasteiger partial charge is 0.247 e. The molecule has 6 heteroatoms. The highest BCUT2D eigenvalue weighted by Crippen LogP contribution is 2.27. The van der Waals surface area contributed by atoms with Gasteiger partial charge in [0.15, 0.2) is 0 Å². The van der Waals surface area contributed by atoms with Gasteiger partial charge in [-0.15, -0.1) is 10.2 Å². The molecule has 0 fully saturated rings. The Morgan fingerprint density at radius 3 is 2.56 bits per heavy atom. The number of hydrogen-bond acceptors (Lipinski definition) is 4. The summed E-state index contributed by atoms with van der Waals surface area (Å²) in [4.78, 5) is 1.91. The van der Waals surface area contributed by atoms with Gasteiger partial charge in [0.25, 0.3) is 0 Å². The maximum absolute atomic E-state index is 14.0. The van der Waals surface area contributed by atoms with E-state index in [1.807, 2.05) is 50.1 Å². The molecule has 3 rings (SSSR count). The number of halogens is 2. The van der Waals surface area contributed by atoms with Crippen molar-refractivity contribution in [3.8, 4) is 11.5 Å². The number of aromatic nitrogens is 2. The second-order valence-corrected chi connectivity index (χ2v) is 6.51. The van der Waals surface area contributed by atoms with Gasteiger partial charge < -0.3 is 4.42 Å². The molecule has 0 saturated carbocycles. The fraction of sp³-hybridized carbons (Fsp3) is 0.263. The quantitative estimate of drug-likeness (QED) is 0.640. The van der Waals surface area contributed by atoms with Crippen molar-refractivity contribution < 1.29 is 8.81 Å². The van der Waals surface area contributed by atoms with Crippen LogP contribution in [-0.4, -0.2) is 22.1 Å². The van der Waals surface area contributed by atoms with E-state index in [9.17, 15) is 4.39 Å². The molecule has 0 N–H and O–H groups in total. The molecule has 1 unspecified atom stereocenters. The third-order valence-corrected chi connectivity index (χ3v) is 4.58. The standard InChI is InChI=1S/C19H19ClFN3O/c1-12-7-9-14(10-8-12)19-23-22-18(25-19)13(2)24(3)11-15-16(20)5-4-6-17(15)21/h4-10,13H,11H2,1-3H3. The zero-order valence-electron chi connectivity index (χ0n) is 14.3. The summed E-state index contributed by atoms with van der Waals surface area (Å²) in [7, 11) is 1.86. The summed E-state index contributed by atoms with van der Waals surface area (Å²) in [5, 5.41) is 8.66. The van der Waals surface area contributed by atoms with Gasteiger partial charge in [-0.05, 0) is 45.2 Å². The summed E-state index contributed by atoms with van der Waals surface area (Å²) in [6.45, 7) is 4.30. The molecule has 1 atom stereocenters. The Labute approximate surface area is 151 Å². The first-order valence-corrected chi connectivity index (χ1v) is 8.37. The first-order chi connectivity index (χ1) is 12.0. The maximum atomic E-state index is 14.0. The summed E-state index contributed by atoms with van der Waals surface area (Å²) in [6, 6.07) is 12.4. The molecule has 25 heavy (non-hydrogen) atoms. The van der Waals surface area contributed by atoms with Gasteiger partial charge in [0.1, 0.15) is 5.82 Å². The molecule has 1 aromatic heterocycles. The molecular formula is C19H19ClFN3O. The first-order valence-electron chi connectivity index (χ1n) is 7.99. The topological polar surface area (TPSA) is 42.2 Å². The van der Waals surface area contributed by atoms with Crippen molar-refractivity contribution in [2.45, 2.75) is 26.4 Å². The van der Waals surface area contributed by atoms with Crippen LogP contribution in [0.4, 0.5) is 4.39 Å². The molecular weight excluding hydrogens is 341 g/mol. The van der Waals surface area contributed by atoms with Crippen LogP contribution in [0.5, 0.6) is 0 Å². The van der Waals surface area contributed by atoms with Gasteiger partial charge in [0, 0.05) is 22.7 Å². The van der Waals surface area contributed by atoms with E-state index in [4.69, 9.17) is 16.0 Å². The molecule has 1 heterocycles. The van der Waals surface area contributed by atoms with Crippen molar-refractivity contribution in [1.29, 1.82) is 0 Å². The van der Waals surface area contributed by atoms with Crippen LogP contribution in [0.2, 0.25) is 5.02 Å². The van der Waals surface area contributed by atoms with Crippen LogP contribution in [0.3, 0.4) is 0 Å². The number of hydrogen-bond donors (Lipinski definition) is 0.